The predicted molar refractivity (Wildman–Crippen MR) is 139 cm³/mol. The average Bonchev–Trinajstić information content (AvgIpc) is 2.92. The molecule has 0 radical (unpaired) electrons. The topological polar surface area (TPSA) is 62.3 Å². The molecular weight excluding hydrogens is 454 g/mol. The van der Waals surface area contributed by atoms with Gasteiger partial charge in [-0.25, -0.2) is 0 Å². The molecule has 1 fully saturated rings. The molecule has 0 unspecified atom stereocenters. The molecule has 184 valence electrons. The zero-order chi connectivity index (χ0) is 24.9. The first-order valence-electron chi connectivity index (χ1n) is 12.1. The zero-order valence-electron chi connectivity index (χ0n) is 20.3. The lowest BCUT2D eigenvalue weighted by molar-refractivity contribution is -0.133. The van der Waals surface area contributed by atoms with Crippen molar-refractivity contribution in [1.29, 1.82) is 0 Å². The first-order valence-corrected chi connectivity index (χ1v) is 12.1. The van der Waals surface area contributed by atoms with E-state index < -0.39 is 0 Å². The fourth-order valence-corrected chi connectivity index (χ4v) is 4.50. The van der Waals surface area contributed by atoms with E-state index in [0.717, 1.165) is 30.9 Å². The first-order chi connectivity index (χ1) is 17.6. The second-order valence-corrected chi connectivity index (χ2v) is 8.89. The number of para-hydroxylation sites is 2. The second kappa shape index (κ2) is 10.7. The quantitative estimate of drug-likeness (QED) is 0.499. The van der Waals surface area contributed by atoms with Crippen molar-refractivity contribution >= 4 is 23.6 Å². The van der Waals surface area contributed by atoms with Crippen LogP contribution in [0.2, 0.25) is 0 Å². The lowest BCUT2D eigenvalue weighted by Crippen LogP contribution is -2.52. The lowest BCUT2D eigenvalue weighted by Gasteiger charge is -2.36. The minimum Gasteiger partial charge on any atom is -0.497 e. The van der Waals surface area contributed by atoms with Crippen LogP contribution in [0.3, 0.4) is 0 Å². The summed E-state index contributed by atoms with van der Waals surface area (Å²) >= 11 is 0. The number of carbonyl (C=O) groups excluding carboxylic acids is 2. The van der Waals surface area contributed by atoms with Gasteiger partial charge in [-0.05, 0) is 41.5 Å². The number of nitrogens with zero attached hydrogens (tertiary/aromatic N) is 3. The lowest BCUT2D eigenvalue weighted by atomic mass is 10.1. The largest absolute Gasteiger partial charge is 0.497 e. The van der Waals surface area contributed by atoms with E-state index in [9.17, 15) is 9.59 Å². The number of carbonyl (C=O) groups is 2. The van der Waals surface area contributed by atoms with Gasteiger partial charge in [-0.2, -0.15) is 0 Å². The van der Waals surface area contributed by atoms with Crippen LogP contribution < -0.4 is 14.4 Å². The molecule has 7 heteroatoms. The third kappa shape index (κ3) is 5.26. The summed E-state index contributed by atoms with van der Waals surface area (Å²) in [6.07, 6.45) is 1.69. The molecule has 0 aliphatic carbocycles. The Morgan fingerprint density at radius 3 is 2.33 bits per heavy atom. The van der Waals surface area contributed by atoms with Crippen molar-refractivity contribution in [3.63, 3.8) is 0 Å². The molecule has 3 aromatic rings. The van der Waals surface area contributed by atoms with Gasteiger partial charge in [0.2, 0.25) is 5.91 Å². The smallest absolute Gasteiger partial charge is 0.294 e. The maximum Gasteiger partial charge on any atom is 0.294 e. The fourth-order valence-electron chi connectivity index (χ4n) is 4.50. The third-order valence-electron chi connectivity index (χ3n) is 6.51. The summed E-state index contributed by atoms with van der Waals surface area (Å²) in [5.74, 6) is 1.06. The summed E-state index contributed by atoms with van der Waals surface area (Å²) in [6.45, 7) is 3.73. The standard InChI is InChI=1S/C29H29N3O4/c1-35-24-13-11-22(12-14-24)19-27-29(34)32(25-9-5-6-10-26(25)36-27)21-28(33)31-17-15-30(16-18-31)20-23-7-3-2-4-8-23/h2-14,19H,15-18,20-21H2,1H3. The van der Waals surface area contributed by atoms with Gasteiger partial charge in [-0.3, -0.25) is 19.4 Å². The number of fused-ring (bicyclic) bond motifs is 1. The van der Waals surface area contributed by atoms with Gasteiger partial charge in [-0.15, -0.1) is 0 Å². The minimum absolute atomic E-state index is 0.0299. The van der Waals surface area contributed by atoms with Gasteiger partial charge in [0, 0.05) is 32.7 Å². The Kier molecular flexibility index (Phi) is 7.00. The highest BCUT2D eigenvalue weighted by Gasteiger charge is 2.33. The number of ether oxygens (including phenoxy) is 2. The van der Waals surface area contributed by atoms with Crippen molar-refractivity contribution in [2.45, 2.75) is 6.54 Å². The van der Waals surface area contributed by atoms with Gasteiger partial charge in [0.25, 0.3) is 5.91 Å². The molecule has 0 spiro atoms. The van der Waals surface area contributed by atoms with Crippen LogP contribution in [0, 0.1) is 0 Å². The van der Waals surface area contributed by atoms with Crippen LogP contribution >= 0.6 is 0 Å². The number of piperazine rings is 1. The van der Waals surface area contributed by atoms with E-state index in [-0.39, 0.29) is 24.1 Å². The molecule has 0 aromatic heterocycles. The highest BCUT2D eigenvalue weighted by molar-refractivity contribution is 6.12. The van der Waals surface area contributed by atoms with Crippen LogP contribution in [-0.4, -0.2) is 61.4 Å². The summed E-state index contributed by atoms with van der Waals surface area (Å²) < 4.78 is 11.1. The van der Waals surface area contributed by atoms with Crippen molar-refractivity contribution in [3.8, 4) is 11.5 Å². The maximum atomic E-state index is 13.4. The van der Waals surface area contributed by atoms with Gasteiger partial charge in [-0.1, -0.05) is 54.6 Å². The summed E-state index contributed by atoms with van der Waals surface area (Å²) in [4.78, 5) is 32.4. The minimum atomic E-state index is -0.333. The third-order valence-corrected chi connectivity index (χ3v) is 6.51. The molecule has 2 aliphatic heterocycles. The molecule has 1 saturated heterocycles. The van der Waals surface area contributed by atoms with E-state index in [1.165, 1.54) is 10.5 Å². The van der Waals surface area contributed by atoms with Crippen LogP contribution in [-0.2, 0) is 16.1 Å². The van der Waals surface area contributed by atoms with E-state index >= 15 is 0 Å². The van der Waals surface area contributed by atoms with Crippen LogP contribution in [0.1, 0.15) is 11.1 Å². The van der Waals surface area contributed by atoms with Crippen LogP contribution in [0.4, 0.5) is 5.69 Å². The summed E-state index contributed by atoms with van der Waals surface area (Å²) in [5, 5.41) is 0. The van der Waals surface area contributed by atoms with Gasteiger partial charge in [0.1, 0.15) is 12.3 Å². The highest BCUT2D eigenvalue weighted by atomic mass is 16.5. The number of rotatable bonds is 6. The highest BCUT2D eigenvalue weighted by Crippen LogP contribution is 2.35. The van der Waals surface area contributed by atoms with Crippen molar-refractivity contribution < 1.29 is 19.1 Å². The molecule has 7 nitrogen and oxygen atoms in total. The Bertz CT molecular complexity index is 1250. The number of anilines is 1. The number of methoxy groups -OCH3 is 1. The van der Waals surface area contributed by atoms with E-state index in [1.807, 2.05) is 71.6 Å². The number of benzene rings is 3. The Hall–Kier alpha value is -4.10. The van der Waals surface area contributed by atoms with Gasteiger partial charge < -0.3 is 14.4 Å². The average molecular weight is 484 g/mol. The molecular formula is C29H29N3O4. The van der Waals surface area contributed by atoms with Crippen LogP contribution in [0.5, 0.6) is 11.5 Å². The van der Waals surface area contributed by atoms with Gasteiger partial charge >= 0.3 is 0 Å². The predicted octanol–water partition coefficient (Wildman–Crippen LogP) is 3.81. The molecule has 0 bridgehead atoms. The first kappa shape index (κ1) is 23.6. The zero-order valence-corrected chi connectivity index (χ0v) is 20.3. The van der Waals surface area contributed by atoms with E-state index in [4.69, 9.17) is 9.47 Å². The maximum absolute atomic E-state index is 13.4. The summed E-state index contributed by atoms with van der Waals surface area (Å²) in [6, 6.07) is 25.0. The Labute approximate surface area is 211 Å². The van der Waals surface area contributed by atoms with Crippen LogP contribution in [0.15, 0.2) is 84.6 Å². The normalized spacial score (nSPS) is 17.0. The summed E-state index contributed by atoms with van der Waals surface area (Å²) in [7, 11) is 1.61. The van der Waals surface area contributed by atoms with Gasteiger partial charge in [0.15, 0.2) is 11.5 Å². The number of hydrogen-bond acceptors (Lipinski definition) is 5. The van der Waals surface area contributed by atoms with Crippen molar-refractivity contribution in [2.24, 2.45) is 0 Å². The molecule has 0 N–H and O–H groups in total. The molecule has 36 heavy (non-hydrogen) atoms. The summed E-state index contributed by atoms with van der Waals surface area (Å²) in [5.41, 5.74) is 2.67. The van der Waals surface area contributed by atoms with Crippen molar-refractivity contribution in [3.05, 3.63) is 95.7 Å². The van der Waals surface area contributed by atoms with E-state index in [2.05, 4.69) is 17.0 Å². The molecule has 3 aromatic carbocycles. The number of hydrogen-bond donors (Lipinski definition) is 0. The second-order valence-electron chi connectivity index (χ2n) is 8.89. The Balaban J connectivity index is 1.28. The molecule has 2 amide bonds. The molecule has 2 aliphatic rings. The monoisotopic (exact) mass is 483 g/mol. The van der Waals surface area contributed by atoms with Crippen molar-refractivity contribution in [2.75, 3.05) is 44.7 Å². The van der Waals surface area contributed by atoms with Crippen LogP contribution in [0.25, 0.3) is 6.08 Å². The number of amides is 2. The van der Waals surface area contributed by atoms with E-state index in [0.29, 0.717) is 24.5 Å². The SMILES string of the molecule is COc1ccc(C=C2Oc3ccccc3N(CC(=O)N3CCN(Cc4ccccc4)CC3)C2=O)cc1. The van der Waals surface area contributed by atoms with Gasteiger partial charge in [0.05, 0.1) is 12.8 Å². The van der Waals surface area contributed by atoms with E-state index in [1.54, 1.807) is 13.2 Å². The molecule has 2 heterocycles. The molecule has 5 rings (SSSR count). The fraction of sp³-hybridized carbons (Fsp3) is 0.241. The Morgan fingerprint density at radius 1 is 0.917 bits per heavy atom. The molecule has 0 atom stereocenters. The Morgan fingerprint density at radius 2 is 1.61 bits per heavy atom. The van der Waals surface area contributed by atoms with Crippen molar-refractivity contribution in [1.82, 2.24) is 9.80 Å². The molecule has 0 saturated carbocycles.